The molecule has 1 fully saturated rings. The van der Waals surface area contributed by atoms with Crippen molar-refractivity contribution in [2.45, 2.75) is 46.6 Å². The number of H-pyrrole nitrogens is 1. The molecular weight excluding hydrogens is 466 g/mol. The van der Waals surface area contributed by atoms with Crippen molar-refractivity contribution in [1.82, 2.24) is 14.6 Å². The summed E-state index contributed by atoms with van der Waals surface area (Å²) in [5.41, 5.74) is 1.91. The van der Waals surface area contributed by atoms with Crippen molar-refractivity contribution in [2.24, 2.45) is 17.8 Å². The summed E-state index contributed by atoms with van der Waals surface area (Å²) < 4.78 is 7.36. The summed E-state index contributed by atoms with van der Waals surface area (Å²) in [6.45, 7) is 19.3. The Morgan fingerprint density at radius 2 is 1.97 bits per heavy atom. The Hall–Kier alpha value is -3.57. The Labute approximate surface area is 209 Å². The lowest BCUT2D eigenvalue weighted by molar-refractivity contribution is -0.112. The summed E-state index contributed by atoms with van der Waals surface area (Å²) in [5.74, 6) is 0.551. The minimum Gasteiger partial charge on any atom is -0.459 e. The third kappa shape index (κ3) is 4.69. The quantitative estimate of drug-likeness (QED) is 0.248. The summed E-state index contributed by atoms with van der Waals surface area (Å²) in [7, 11) is 0. The molecular formula is C26H28ClN5O3. The molecule has 35 heavy (non-hydrogen) atoms. The van der Waals surface area contributed by atoms with E-state index < -0.39 is 5.97 Å². The second kappa shape index (κ2) is 9.59. The summed E-state index contributed by atoms with van der Waals surface area (Å²) in [4.78, 5) is 33.4. The highest BCUT2D eigenvalue weighted by Gasteiger charge is 2.36. The largest absolute Gasteiger partial charge is 0.459 e. The van der Waals surface area contributed by atoms with Crippen LogP contribution in [0.25, 0.3) is 21.9 Å². The number of benzene rings is 1. The molecule has 182 valence electrons. The maximum atomic E-state index is 13.3. The molecule has 0 saturated heterocycles. The van der Waals surface area contributed by atoms with Gasteiger partial charge in [0.25, 0.3) is 5.91 Å². The van der Waals surface area contributed by atoms with Crippen LogP contribution in [0.2, 0.25) is 5.15 Å². The molecule has 3 aromatic rings. The van der Waals surface area contributed by atoms with Gasteiger partial charge >= 0.3 is 5.97 Å². The minimum atomic E-state index is -0.598. The predicted molar refractivity (Wildman–Crippen MR) is 136 cm³/mol. The molecule has 8 nitrogen and oxygen atoms in total. The van der Waals surface area contributed by atoms with Gasteiger partial charge in [-0.25, -0.2) is 19.1 Å². The smallest absolute Gasteiger partial charge is 0.331 e. The van der Waals surface area contributed by atoms with Crippen LogP contribution < -0.4 is 5.32 Å². The molecule has 2 heterocycles. The number of anilines is 1. The molecule has 0 spiro atoms. The van der Waals surface area contributed by atoms with Crippen molar-refractivity contribution < 1.29 is 14.3 Å². The molecule has 9 heteroatoms. The number of ether oxygens (including phenoxy) is 1. The number of carbonyl (C=O) groups excluding carboxylic acids is 2. The topological polar surface area (TPSA) is 92.8 Å². The first-order valence-electron chi connectivity index (χ1n) is 11.6. The van der Waals surface area contributed by atoms with Gasteiger partial charge in [-0.3, -0.25) is 9.89 Å². The van der Waals surface area contributed by atoms with Crippen LogP contribution >= 0.6 is 11.6 Å². The molecule has 1 aliphatic rings. The fourth-order valence-electron chi connectivity index (χ4n) is 4.98. The van der Waals surface area contributed by atoms with Gasteiger partial charge in [0.1, 0.15) is 16.8 Å². The van der Waals surface area contributed by atoms with Crippen LogP contribution in [0.15, 0.2) is 36.4 Å². The highest BCUT2D eigenvalue weighted by molar-refractivity contribution is 6.34. The number of halogens is 1. The van der Waals surface area contributed by atoms with E-state index in [2.05, 4.69) is 47.6 Å². The first-order chi connectivity index (χ1) is 16.6. The number of rotatable bonds is 5. The number of nitrogens with zero attached hydrogens (tertiary/aromatic N) is 3. The summed E-state index contributed by atoms with van der Waals surface area (Å²) >= 11 is 6.46. The van der Waals surface area contributed by atoms with Crippen LogP contribution in [0, 0.1) is 24.3 Å². The lowest BCUT2D eigenvalue weighted by Crippen LogP contribution is -2.37. The van der Waals surface area contributed by atoms with Crippen LogP contribution in [0.3, 0.4) is 0 Å². The van der Waals surface area contributed by atoms with Crippen molar-refractivity contribution in [3.05, 3.63) is 58.6 Å². The molecule has 2 aromatic heterocycles. The number of aromatic amines is 1. The number of fused-ring (bicyclic) bond motifs is 1. The standard InChI is InChI=1S/C26H28ClN5O3/c1-13(2)25(33)29-18-9-7-8-17(12-18)23-30-24-19(20(28-6)22(27)32(24)31-23)26(34)35-21-15(4)10-14(3)11-16(21)5/h7-9,12,14-16,21H,1,10-11H2,2-5H3,(H,29,33)(H,30,31). The molecule has 1 aromatic carbocycles. The molecule has 0 aliphatic heterocycles. The SMILES string of the molecule is [C-]#[N+]c1c(C(=O)OC2C(C)CC(C)CC2C)c2nc(-c3cccc(NC(=O)C(=C)C)c3)[nH]n2c1Cl. The molecule has 0 radical (unpaired) electrons. The van der Waals surface area contributed by atoms with Crippen molar-refractivity contribution in [1.29, 1.82) is 0 Å². The van der Waals surface area contributed by atoms with E-state index >= 15 is 0 Å². The van der Waals surface area contributed by atoms with E-state index in [1.807, 2.05) is 6.07 Å². The van der Waals surface area contributed by atoms with Gasteiger partial charge in [-0.15, -0.1) is 0 Å². The molecule has 1 aliphatic carbocycles. The third-order valence-electron chi connectivity index (χ3n) is 6.51. The van der Waals surface area contributed by atoms with Gasteiger partial charge in [-0.1, -0.05) is 51.1 Å². The van der Waals surface area contributed by atoms with Crippen molar-refractivity contribution in [3.63, 3.8) is 0 Å². The number of amides is 1. The molecule has 2 atom stereocenters. The minimum absolute atomic E-state index is 0.00826. The number of hydrogen-bond donors (Lipinski definition) is 2. The van der Waals surface area contributed by atoms with E-state index in [9.17, 15) is 9.59 Å². The number of nitrogens with one attached hydrogen (secondary N) is 2. The number of hydrogen-bond acceptors (Lipinski definition) is 4. The molecule has 0 bridgehead atoms. The van der Waals surface area contributed by atoms with Crippen LogP contribution in [-0.4, -0.2) is 32.6 Å². The van der Waals surface area contributed by atoms with Crippen LogP contribution in [0.4, 0.5) is 11.4 Å². The summed E-state index contributed by atoms with van der Waals surface area (Å²) in [6, 6.07) is 7.08. The van der Waals surface area contributed by atoms with Crippen molar-refractivity contribution in [3.8, 4) is 11.4 Å². The van der Waals surface area contributed by atoms with Crippen molar-refractivity contribution in [2.75, 3.05) is 5.32 Å². The maximum Gasteiger partial charge on any atom is 0.331 e. The first kappa shape index (κ1) is 24.6. The summed E-state index contributed by atoms with van der Waals surface area (Å²) in [5, 5.41) is 5.88. The number of carbonyl (C=O) groups is 2. The number of esters is 1. The van der Waals surface area contributed by atoms with Gasteiger partial charge in [-0.2, -0.15) is 0 Å². The Morgan fingerprint density at radius 1 is 1.29 bits per heavy atom. The van der Waals surface area contributed by atoms with Gasteiger partial charge in [-0.05, 0) is 49.7 Å². The van der Waals surface area contributed by atoms with Gasteiger partial charge in [0.15, 0.2) is 11.5 Å². The van der Waals surface area contributed by atoms with E-state index in [4.69, 9.17) is 22.9 Å². The second-order valence-corrected chi connectivity index (χ2v) is 9.93. The first-order valence-corrected chi connectivity index (χ1v) is 11.9. The lowest BCUT2D eigenvalue weighted by atomic mass is 9.75. The fourth-order valence-corrected chi connectivity index (χ4v) is 5.23. The Kier molecular flexibility index (Phi) is 6.73. The van der Waals surface area contributed by atoms with E-state index in [0.29, 0.717) is 28.6 Å². The monoisotopic (exact) mass is 493 g/mol. The van der Waals surface area contributed by atoms with Crippen LogP contribution in [0.5, 0.6) is 0 Å². The van der Waals surface area contributed by atoms with E-state index in [0.717, 1.165) is 12.8 Å². The zero-order valence-corrected chi connectivity index (χ0v) is 20.9. The van der Waals surface area contributed by atoms with Crippen LogP contribution in [-0.2, 0) is 9.53 Å². The van der Waals surface area contributed by atoms with E-state index in [1.165, 1.54) is 4.52 Å². The molecule has 1 saturated carbocycles. The molecule has 1 amide bonds. The van der Waals surface area contributed by atoms with E-state index in [-0.39, 0.29) is 45.9 Å². The average Bonchev–Trinajstić information content (AvgIpc) is 3.34. The predicted octanol–water partition coefficient (Wildman–Crippen LogP) is 6.28. The average molecular weight is 494 g/mol. The summed E-state index contributed by atoms with van der Waals surface area (Å²) in [6.07, 6.45) is 1.72. The molecule has 2 unspecified atom stereocenters. The Morgan fingerprint density at radius 3 is 2.60 bits per heavy atom. The van der Waals surface area contributed by atoms with Crippen molar-refractivity contribution >= 4 is 40.5 Å². The van der Waals surface area contributed by atoms with Gasteiger partial charge in [0.05, 0.1) is 6.57 Å². The Balaban J connectivity index is 1.69. The molecule has 4 rings (SSSR count). The second-order valence-electron chi connectivity index (χ2n) is 9.57. The van der Waals surface area contributed by atoms with Gasteiger partial charge < -0.3 is 10.1 Å². The molecule has 2 N–H and O–H groups in total. The third-order valence-corrected chi connectivity index (χ3v) is 6.86. The van der Waals surface area contributed by atoms with Gasteiger partial charge in [0.2, 0.25) is 5.69 Å². The Bertz CT molecular complexity index is 1350. The van der Waals surface area contributed by atoms with Crippen LogP contribution in [0.1, 0.15) is 50.9 Å². The zero-order chi connectivity index (χ0) is 25.4. The number of aromatic nitrogens is 3. The highest BCUT2D eigenvalue weighted by Crippen LogP contribution is 2.39. The highest BCUT2D eigenvalue weighted by atomic mass is 35.5. The normalized spacial score (nSPS) is 21.9. The zero-order valence-electron chi connectivity index (χ0n) is 20.2. The maximum absolute atomic E-state index is 13.3. The van der Waals surface area contributed by atoms with E-state index in [1.54, 1.807) is 25.1 Å². The lowest BCUT2D eigenvalue weighted by Gasteiger charge is -2.37. The fraction of sp³-hybridized carbons (Fsp3) is 0.385. The van der Waals surface area contributed by atoms with Gasteiger partial charge in [0, 0.05) is 16.8 Å².